The highest BCUT2D eigenvalue weighted by molar-refractivity contribution is 14.1. The standard InChI is InChI=1S/C24H25F2IN2O3/c1-24(2,3)32-23(30)29-8-6-19(7-9-29)31-22-12-17(25)11-16(20(22)14-28)10-15-4-5-18(27)13-21(15)26/h4-5,11-13,19H,6-10H2,1-3H3. The van der Waals surface area contributed by atoms with Gasteiger partial charge in [0.25, 0.3) is 0 Å². The van der Waals surface area contributed by atoms with Crippen molar-refractivity contribution in [3.63, 3.8) is 0 Å². The highest BCUT2D eigenvalue weighted by Crippen LogP contribution is 2.29. The van der Waals surface area contributed by atoms with Crippen molar-refractivity contribution in [1.29, 1.82) is 5.26 Å². The van der Waals surface area contributed by atoms with E-state index in [1.54, 1.807) is 17.0 Å². The zero-order chi connectivity index (χ0) is 23.5. The molecule has 0 aliphatic carbocycles. The topological polar surface area (TPSA) is 62.6 Å². The third-order valence-electron chi connectivity index (χ3n) is 5.04. The van der Waals surface area contributed by atoms with E-state index in [2.05, 4.69) is 6.07 Å². The van der Waals surface area contributed by atoms with E-state index in [-0.39, 0.29) is 29.9 Å². The van der Waals surface area contributed by atoms with Crippen molar-refractivity contribution in [2.75, 3.05) is 13.1 Å². The maximum absolute atomic E-state index is 14.3. The highest BCUT2D eigenvalue weighted by Gasteiger charge is 2.28. The molecule has 32 heavy (non-hydrogen) atoms. The quantitative estimate of drug-likeness (QED) is 0.448. The number of piperidine rings is 1. The first kappa shape index (κ1) is 24.2. The summed E-state index contributed by atoms with van der Waals surface area (Å²) in [7, 11) is 0. The number of carbonyl (C=O) groups is 1. The Bertz CT molecular complexity index is 1040. The van der Waals surface area contributed by atoms with Gasteiger partial charge in [0.05, 0.1) is 5.56 Å². The summed E-state index contributed by atoms with van der Waals surface area (Å²) in [6, 6.07) is 9.31. The van der Waals surface area contributed by atoms with Gasteiger partial charge in [0, 0.05) is 42.0 Å². The summed E-state index contributed by atoms with van der Waals surface area (Å²) in [5, 5.41) is 9.72. The van der Waals surface area contributed by atoms with Gasteiger partial charge in [0.2, 0.25) is 0 Å². The zero-order valence-electron chi connectivity index (χ0n) is 18.3. The molecule has 1 aliphatic heterocycles. The van der Waals surface area contributed by atoms with Crippen molar-refractivity contribution < 1.29 is 23.0 Å². The lowest BCUT2D eigenvalue weighted by Gasteiger charge is -2.33. The lowest BCUT2D eigenvalue weighted by atomic mass is 9.98. The Kier molecular flexibility index (Phi) is 7.59. The maximum atomic E-state index is 14.3. The summed E-state index contributed by atoms with van der Waals surface area (Å²) in [6.07, 6.45) is 0.493. The van der Waals surface area contributed by atoms with Crippen molar-refractivity contribution >= 4 is 28.7 Å². The summed E-state index contributed by atoms with van der Waals surface area (Å²) >= 11 is 2.02. The average Bonchev–Trinajstić information content (AvgIpc) is 2.69. The number of ether oxygens (including phenoxy) is 2. The average molecular weight is 554 g/mol. The number of nitriles is 1. The molecule has 170 valence electrons. The first-order chi connectivity index (χ1) is 15.1. The van der Waals surface area contributed by atoms with Gasteiger partial charge in [-0.25, -0.2) is 13.6 Å². The second-order valence-corrected chi connectivity index (χ2v) is 9.99. The van der Waals surface area contributed by atoms with Crippen molar-refractivity contribution in [3.05, 3.63) is 62.2 Å². The Morgan fingerprint density at radius 1 is 1.19 bits per heavy atom. The fourth-order valence-corrected chi connectivity index (χ4v) is 3.98. The van der Waals surface area contributed by atoms with E-state index in [1.807, 2.05) is 43.4 Å². The molecule has 1 saturated heterocycles. The van der Waals surface area contributed by atoms with Crippen LogP contribution in [-0.2, 0) is 11.2 Å². The lowest BCUT2D eigenvalue weighted by molar-refractivity contribution is 0.0126. The van der Waals surface area contributed by atoms with Gasteiger partial charge in [0.1, 0.15) is 35.2 Å². The van der Waals surface area contributed by atoms with Gasteiger partial charge in [-0.2, -0.15) is 5.26 Å². The first-order valence-electron chi connectivity index (χ1n) is 10.4. The molecule has 2 aromatic rings. The van der Waals surface area contributed by atoms with Gasteiger partial charge in [0.15, 0.2) is 0 Å². The lowest BCUT2D eigenvalue weighted by Crippen LogP contribution is -2.44. The molecule has 3 rings (SSSR count). The molecule has 1 amide bonds. The van der Waals surface area contributed by atoms with Crippen LogP contribution in [0.3, 0.4) is 0 Å². The Balaban J connectivity index is 1.72. The maximum Gasteiger partial charge on any atom is 0.410 e. The second kappa shape index (κ2) is 10.0. The van der Waals surface area contributed by atoms with E-state index in [9.17, 15) is 18.8 Å². The van der Waals surface area contributed by atoms with Crippen LogP contribution in [-0.4, -0.2) is 35.8 Å². The van der Waals surface area contributed by atoms with Crippen LogP contribution in [0.5, 0.6) is 5.75 Å². The monoisotopic (exact) mass is 554 g/mol. The Labute approximate surface area is 200 Å². The molecule has 8 heteroatoms. The summed E-state index contributed by atoms with van der Waals surface area (Å²) in [6.45, 7) is 6.32. The third kappa shape index (κ3) is 6.31. The second-order valence-electron chi connectivity index (χ2n) is 8.75. The van der Waals surface area contributed by atoms with Crippen LogP contribution in [0.1, 0.15) is 50.3 Å². The van der Waals surface area contributed by atoms with E-state index >= 15 is 0 Å². The van der Waals surface area contributed by atoms with Crippen LogP contribution in [0.25, 0.3) is 0 Å². The minimum atomic E-state index is -0.569. The van der Waals surface area contributed by atoms with E-state index in [0.717, 1.165) is 3.57 Å². The normalized spacial score (nSPS) is 14.7. The summed E-state index contributed by atoms with van der Waals surface area (Å²) in [5.74, 6) is -0.808. The van der Waals surface area contributed by atoms with Crippen molar-refractivity contribution in [2.45, 2.75) is 51.7 Å². The van der Waals surface area contributed by atoms with Crippen LogP contribution < -0.4 is 4.74 Å². The van der Waals surface area contributed by atoms with Gasteiger partial charge in [-0.1, -0.05) is 6.07 Å². The molecular formula is C24H25F2IN2O3. The number of benzene rings is 2. The molecule has 1 aliphatic rings. The molecule has 0 spiro atoms. The number of halogens is 3. The largest absolute Gasteiger partial charge is 0.489 e. The minimum Gasteiger partial charge on any atom is -0.489 e. The zero-order valence-corrected chi connectivity index (χ0v) is 20.4. The molecule has 1 heterocycles. The van der Waals surface area contributed by atoms with Crippen LogP contribution in [0, 0.1) is 26.5 Å². The smallest absolute Gasteiger partial charge is 0.410 e. The fraction of sp³-hybridized carbons (Fsp3) is 0.417. The van der Waals surface area contributed by atoms with E-state index in [0.29, 0.717) is 37.1 Å². The van der Waals surface area contributed by atoms with E-state index in [4.69, 9.17) is 9.47 Å². The Morgan fingerprint density at radius 2 is 1.88 bits per heavy atom. The van der Waals surface area contributed by atoms with Gasteiger partial charge >= 0.3 is 6.09 Å². The number of likely N-dealkylation sites (tertiary alicyclic amines) is 1. The fourth-order valence-electron chi connectivity index (χ4n) is 3.53. The number of nitrogens with zero attached hydrogens (tertiary/aromatic N) is 2. The molecule has 0 saturated carbocycles. The number of carbonyl (C=O) groups excluding carboxylic acids is 1. The third-order valence-corrected chi connectivity index (χ3v) is 5.71. The van der Waals surface area contributed by atoms with Crippen LogP contribution in [0.15, 0.2) is 30.3 Å². The van der Waals surface area contributed by atoms with Gasteiger partial charge < -0.3 is 14.4 Å². The molecule has 5 nitrogen and oxygen atoms in total. The molecule has 0 N–H and O–H groups in total. The minimum absolute atomic E-state index is 0.0802. The van der Waals surface area contributed by atoms with Crippen molar-refractivity contribution in [1.82, 2.24) is 4.90 Å². The Hall–Kier alpha value is -2.41. The number of hydrogen-bond acceptors (Lipinski definition) is 4. The summed E-state index contributed by atoms with van der Waals surface area (Å²) in [4.78, 5) is 13.8. The van der Waals surface area contributed by atoms with Crippen LogP contribution in [0.4, 0.5) is 13.6 Å². The van der Waals surface area contributed by atoms with Crippen molar-refractivity contribution in [3.8, 4) is 11.8 Å². The predicted octanol–water partition coefficient (Wildman–Crippen LogP) is 5.81. The van der Waals surface area contributed by atoms with Crippen LogP contribution >= 0.6 is 22.6 Å². The Morgan fingerprint density at radius 3 is 2.47 bits per heavy atom. The van der Waals surface area contributed by atoms with Gasteiger partial charge in [-0.3, -0.25) is 0 Å². The van der Waals surface area contributed by atoms with Crippen LogP contribution in [0.2, 0.25) is 0 Å². The molecule has 0 radical (unpaired) electrons. The van der Waals surface area contributed by atoms with E-state index in [1.165, 1.54) is 18.2 Å². The predicted molar refractivity (Wildman–Crippen MR) is 124 cm³/mol. The highest BCUT2D eigenvalue weighted by atomic mass is 127. The van der Waals surface area contributed by atoms with Gasteiger partial charge in [-0.05, 0) is 72.7 Å². The number of amides is 1. The molecule has 0 unspecified atom stereocenters. The number of rotatable bonds is 4. The van der Waals surface area contributed by atoms with E-state index < -0.39 is 17.2 Å². The number of hydrogen-bond donors (Lipinski definition) is 0. The van der Waals surface area contributed by atoms with Crippen molar-refractivity contribution in [2.24, 2.45) is 0 Å². The summed E-state index contributed by atoms with van der Waals surface area (Å²) in [5.41, 5.74) is 0.373. The molecule has 0 atom stereocenters. The summed E-state index contributed by atoms with van der Waals surface area (Å²) < 4.78 is 40.8. The SMILES string of the molecule is CC(C)(C)OC(=O)N1CCC(Oc2cc(F)cc(Cc3ccc(I)cc3F)c2C#N)CC1. The molecular weight excluding hydrogens is 529 g/mol. The molecule has 0 bridgehead atoms. The first-order valence-corrected chi connectivity index (χ1v) is 11.4. The van der Waals surface area contributed by atoms with Gasteiger partial charge in [-0.15, -0.1) is 0 Å². The molecule has 0 aromatic heterocycles. The molecule has 1 fully saturated rings. The molecule has 2 aromatic carbocycles.